The number of hydrogen-bond donors (Lipinski definition) is 1. The number of nitrogens with one attached hydrogen (secondary N) is 1. The third kappa shape index (κ3) is 9.77. The average molecular weight is 723 g/mol. The first-order valence-corrected chi connectivity index (χ1v) is 18.0. The van der Waals surface area contributed by atoms with Crippen molar-refractivity contribution in [1.29, 1.82) is 5.41 Å². The number of nitrogens with zero attached hydrogens (tertiary/aromatic N) is 7. The Kier molecular flexibility index (Phi) is 10.6. The summed E-state index contributed by atoms with van der Waals surface area (Å²) in [6.45, 7) is 0. The zero-order valence-electron chi connectivity index (χ0n) is 30.2. The zero-order chi connectivity index (χ0) is 37.9. The van der Waals surface area contributed by atoms with E-state index in [1.165, 1.54) is 0 Å². The molecule has 8 nitrogen and oxygen atoms in total. The highest BCUT2D eigenvalue weighted by Crippen LogP contribution is 2.24. The molecule has 56 heavy (non-hydrogen) atoms. The molecule has 266 valence electrons. The summed E-state index contributed by atoms with van der Waals surface area (Å²) >= 11 is 0. The minimum atomic E-state index is 0.468. The minimum Gasteiger partial charge on any atom is -0.301 e. The number of hydrogen-bond acceptors (Lipinski definition) is 8. The Labute approximate surface area is 325 Å². The first-order chi connectivity index (χ1) is 27.5. The van der Waals surface area contributed by atoms with Gasteiger partial charge in [0.05, 0.1) is 85.5 Å². The monoisotopic (exact) mass is 722 g/mol. The van der Waals surface area contributed by atoms with Crippen molar-refractivity contribution >= 4 is 85.5 Å². The van der Waals surface area contributed by atoms with E-state index >= 15 is 0 Å². The maximum atomic E-state index is 7.61. The van der Waals surface area contributed by atoms with Crippen LogP contribution in [0.2, 0.25) is 0 Å². The molecule has 4 aromatic carbocycles. The molecule has 4 aliphatic carbocycles. The Bertz CT molecular complexity index is 2560. The number of allylic oxidation sites excluding steroid dienone is 16. The Balaban J connectivity index is 0.828. The Morgan fingerprint density at radius 3 is 0.607 bits per heavy atom. The lowest BCUT2D eigenvalue weighted by Crippen LogP contribution is -1.99. The molecule has 8 rings (SSSR count). The van der Waals surface area contributed by atoms with E-state index in [1.54, 1.807) is 12.2 Å². The van der Waals surface area contributed by atoms with Crippen LogP contribution in [0.4, 0.5) is 39.8 Å². The van der Waals surface area contributed by atoms with Gasteiger partial charge < -0.3 is 5.41 Å². The molecule has 0 fully saturated rings. The number of aliphatic imine (C=N–C) groups is 7. The van der Waals surface area contributed by atoms with Crippen LogP contribution >= 0.6 is 0 Å². The predicted octanol–water partition coefficient (Wildman–Crippen LogP) is 11.8. The summed E-state index contributed by atoms with van der Waals surface area (Å²) in [5.74, 6) is 0. The van der Waals surface area contributed by atoms with Crippen molar-refractivity contribution in [3.63, 3.8) is 0 Å². The van der Waals surface area contributed by atoms with Gasteiger partial charge in [0.2, 0.25) is 0 Å². The van der Waals surface area contributed by atoms with Crippen molar-refractivity contribution in [2.45, 2.75) is 0 Å². The molecular weight excluding hydrogens is 689 g/mol. The second-order valence-electron chi connectivity index (χ2n) is 12.8. The van der Waals surface area contributed by atoms with Crippen molar-refractivity contribution < 1.29 is 0 Å². The maximum absolute atomic E-state index is 7.61. The van der Waals surface area contributed by atoms with Crippen LogP contribution in [0.25, 0.3) is 0 Å². The van der Waals surface area contributed by atoms with Gasteiger partial charge in [-0.25, -0.2) is 34.9 Å². The fraction of sp³-hybridized carbons (Fsp3) is 0. The maximum Gasteiger partial charge on any atom is 0.0638 e. The lowest BCUT2D eigenvalue weighted by molar-refractivity contribution is 1.46. The van der Waals surface area contributed by atoms with Gasteiger partial charge in [-0.3, -0.25) is 0 Å². The SMILES string of the molecule is N=C1C=CC(=Nc2ccc(N=C3C=CC(=Nc4ccc(N=C5C=CC(=Nc6ccc(N=C7C=CC(=Nc8ccccc8)C=C7)cc6)C=C5)cc4)C=C3)cc2)C=C1. The standard InChI is InChI=1S/C48H34N8/c49-34-6-8-36(9-7-34)51-38-14-16-40(17-15-38)53-42-22-24-44(25-23-42)55-46-30-32-48(33-31-46)56-47-28-26-45(27-29-47)54-43-20-18-41(19-21-43)52-39-12-10-37(11-13-39)50-35-4-2-1-3-5-35/h1-33,49H. The zero-order valence-corrected chi connectivity index (χ0v) is 30.2. The molecule has 0 bridgehead atoms. The van der Waals surface area contributed by atoms with Crippen LogP contribution in [0.15, 0.2) is 235 Å². The lowest BCUT2D eigenvalue weighted by atomic mass is 10.1. The van der Waals surface area contributed by atoms with Gasteiger partial charge in [-0.15, -0.1) is 0 Å². The molecule has 1 N–H and O–H groups in total. The highest BCUT2D eigenvalue weighted by molar-refractivity contribution is 6.21. The summed E-state index contributed by atoms with van der Waals surface area (Å²) in [4.78, 5) is 33.0. The van der Waals surface area contributed by atoms with E-state index < -0.39 is 0 Å². The van der Waals surface area contributed by atoms with Gasteiger partial charge >= 0.3 is 0 Å². The van der Waals surface area contributed by atoms with E-state index in [0.717, 1.165) is 79.8 Å². The second kappa shape index (κ2) is 16.9. The molecular formula is C48H34N8. The molecule has 8 heteroatoms. The molecule has 0 saturated carbocycles. The van der Waals surface area contributed by atoms with E-state index in [1.807, 2.05) is 188 Å². The van der Waals surface area contributed by atoms with Crippen LogP contribution in [0.1, 0.15) is 0 Å². The Hall–Kier alpha value is -7.84. The molecule has 4 aromatic rings. The normalized spacial score (nSPS) is 15.4. The van der Waals surface area contributed by atoms with Crippen LogP contribution in [0, 0.1) is 5.41 Å². The molecule has 0 unspecified atom stereocenters. The van der Waals surface area contributed by atoms with Crippen molar-refractivity contribution in [3.8, 4) is 0 Å². The van der Waals surface area contributed by atoms with Crippen molar-refractivity contribution in [3.05, 3.63) is 200 Å². The predicted molar refractivity (Wildman–Crippen MR) is 236 cm³/mol. The lowest BCUT2D eigenvalue weighted by Gasteiger charge is -2.05. The largest absolute Gasteiger partial charge is 0.301 e. The molecule has 0 spiro atoms. The fourth-order valence-electron chi connectivity index (χ4n) is 5.69. The van der Waals surface area contributed by atoms with Crippen LogP contribution in [0.5, 0.6) is 0 Å². The summed E-state index contributed by atoms with van der Waals surface area (Å²) in [6, 6.07) is 33.4. The number of para-hydroxylation sites is 1. The summed E-state index contributed by atoms with van der Waals surface area (Å²) in [5, 5.41) is 7.61. The van der Waals surface area contributed by atoms with Gasteiger partial charge in [-0.05, 0) is 182 Å². The molecule has 0 radical (unpaired) electrons. The third-order valence-electron chi connectivity index (χ3n) is 8.53. The first-order valence-electron chi connectivity index (χ1n) is 18.0. The van der Waals surface area contributed by atoms with Gasteiger partial charge in [0.1, 0.15) is 0 Å². The van der Waals surface area contributed by atoms with E-state index in [0.29, 0.717) is 5.71 Å². The topological polar surface area (TPSA) is 110 Å². The summed E-state index contributed by atoms with van der Waals surface area (Å²) < 4.78 is 0. The third-order valence-corrected chi connectivity index (χ3v) is 8.53. The molecule has 0 atom stereocenters. The van der Waals surface area contributed by atoms with Crippen LogP contribution in [0.3, 0.4) is 0 Å². The Morgan fingerprint density at radius 1 is 0.214 bits per heavy atom. The van der Waals surface area contributed by atoms with Gasteiger partial charge in [0, 0.05) is 0 Å². The van der Waals surface area contributed by atoms with Gasteiger partial charge in [0.15, 0.2) is 0 Å². The van der Waals surface area contributed by atoms with Crippen LogP contribution in [-0.2, 0) is 0 Å². The van der Waals surface area contributed by atoms with E-state index in [2.05, 4.69) is 9.98 Å². The smallest absolute Gasteiger partial charge is 0.0638 e. The average Bonchev–Trinajstić information content (AvgIpc) is 3.23. The van der Waals surface area contributed by atoms with E-state index in [9.17, 15) is 0 Å². The van der Waals surface area contributed by atoms with E-state index in [-0.39, 0.29) is 0 Å². The summed E-state index contributed by atoms with van der Waals surface area (Å²) in [6.07, 6.45) is 30.7. The number of rotatable bonds is 7. The fourth-order valence-corrected chi connectivity index (χ4v) is 5.69. The minimum absolute atomic E-state index is 0.468. The number of benzene rings is 4. The molecule has 0 heterocycles. The van der Waals surface area contributed by atoms with E-state index in [4.69, 9.17) is 30.4 Å². The van der Waals surface area contributed by atoms with Crippen LogP contribution in [-0.4, -0.2) is 45.7 Å². The van der Waals surface area contributed by atoms with Crippen molar-refractivity contribution in [2.75, 3.05) is 0 Å². The van der Waals surface area contributed by atoms with Gasteiger partial charge in [-0.1, -0.05) is 18.2 Å². The van der Waals surface area contributed by atoms with Crippen molar-refractivity contribution in [2.24, 2.45) is 34.9 Å². The second-order valence-corrected chi connectivity index (χ2v) is 12.8. The quantitative estimate of drug-likeness (QED) is 0.183. The molecule has 0 aliphatic heterocycles. The first kappa shape index (κ1) is 35.2. The summed E-state index contributed by atoms with van der Waals surface area (Å²) in [7, 11) is 0. The van der Waals surface area contributed by atoms with Gasteiger partial charge in [0.25, 0.3) is 0 Å². The van der Waals surface area contributed by atoms with Gasteiger partial charge in [-0.2, -0.15) is 0 Å². The molecule has 0 saturated heterocycles. The molecule has 4 aliphatic rings. The van der Waals surface area contributed by atoms with Crippen molar-refractivity contribution in [1.82, 2.24) is 0 Å². The van der Waals surface area contributed by atoms with Crippen LogP contribution < -0.4 is 0 Å². The Morgan fingerprint density at radius 2 is 0.393 bits per heavy atom. The molecule has 0 aromatic heterocycles. The summed E-state index contributed by atoms with van der Waals surface area (Å²) in [5.41, 5.74) is 12.4. The highest BCUT2D eigenvalue weighted by atomic mass is 14.8. The molecule has 0 amide bonds. The highest BCUT2D eigenvalue weighted by Gasteiger charge is 2.05.